The summed E-state index contributed by atoms with van der Waals surface area (Å²) in [6.07, 6.45) is 0. The molecular formula is C23H15Cl2NO2S. The highest BCUT2D eigenvalue weighted by atomic mass is 35.5. The molecule has 0 saturated carbocycles. The Kier molecular flexibility index (Phi) is 5.50. The van der Waals surface area contributed by atoms with Crippen molar-refractivity contribution in [2.24, 2.45) is 0 Å². The Balaban J connectivity index is 1.85. The van der Waals surface area contributed by atoms with Gasteiger partial charge in [0.05, 0.1) is 21.2 Å². The number of hydrogen-bond donors (Lipinski definition) is 0. The van der Waals surface area contributed by atoms with E-state index in [4.69, 9.17) is 23.2 Å². The molecule has 1 heterocycles. The lowest BCUT2D eigenvalue weighted by atomic mass is 10.0. The van der Waals surface area contributed by atoms with E-state index in [0.717, 1.165) is 15.4 Å². The van der Waals surface area contributed by atoms with Crippen LogP contribution < -0.4 is 4.90 Å². The summed E-state index contributed by atoms with van der Waals surface area (Å²) in [5.41, 5.74) is 2.40. The van der Waals surface area contributed by atoms with Crippen LogP contribution in [0.5, 0.6) is 0 Å². The van der Waals surface area contributed by atoms with Crippen molar-refractivity contribution in [2.45, 2.75) is 11.8 Å². The molecule has 0 aliphatic carbocycles. The fourth-order valence-corrected chi connectivity index (χ4v) is 4.44. The molecule has 0 atom stereocenters. The van der Waals surface area contributed by atoms with Crippen LogP contribution in [0.25, 0.3) is 5.57 Å². The standard InChI is InChI=1S/C23H15Cl2NO2S/c1-14-7-9-15(10-8-14)20-21(29-17-5-3-2-4-6-17)23(28)26(22(20)27)19-13-16(24)11-12-18(19)25/h2-13H,1H3. The van der Waals surface area contributed by atoms with Gasteiger partial charge in [0.15, 0.2) is 0 Å². The fourth-order valence-electron chi connectivity index (χ4n) is 3.06. The smallest absolute Gasteiger partial charge is 0.268 e. The molecule has 0 bridgehead atoms. The van der Waals surface area contributed by atoms with E-state index in [1.54, 1.807) is 12.1 Å². The maximum atomic E-state index is 13.4. The average Bonchev–Trinajstić information content (AvgIpc) is 2.95. The second-order valence-corrected chi connectivity index (χ2v) is 8.45. The molecule has 1 aliphatic rings. The second-order valence-electron chi connectivity index (χ2n) is 6.53. The number of amides is 2. The minimum absolute atomic E-state index is 0.280. The van der Waals surface area contributed by atoms with Gasteiger partial charge in [-0.1, -0.05) is 83.0 Å². The highest BCUT2D eigenvalue weighted by molar-refractivity contribution is 8.04. The Morgan fingerprint density at radius 2 is 1.52 bits per heavy atom. The topological polar surface area (TPSA) is 37.4 Å². The van der Waals surface area contributed by atoms with Crippen molar-refractivity contribution >= 4 is 58.0 Å². The predicted molar refractivity (Wildman–Crippen MR) is 119 cm³/mol. The molecule has 2 amide bonds. The molecule has 4 rings (SSSR count). The number of aryl methyl sites for hydroxylation is 1. The van der Waals surface area contributed by atoms with Gasteiger partial charge in [-0.2, -0.15) is 0 Å². The average molecular weight is 440 g/mol. The molecule has 3 nitrogen and oxygen atoms in total. The molecule has 0 unspecified atom stereocenters. The van der Waals surface area contributed by atoms with Gasteiger partial charge in [-0.25, -0.2) is 4.90 Å². The van der Waals surface area contributed by atoms with Crippen LogP contribution in [0.1, 0.15) is 11.1 Å². The summed E-state index contributed by atoms with van der Waals surface area (Å²) in [5, 5.41) is 0.677. The van der Waals surface area contributed by atoms with E-state index in [-0.39, 0.29) is 10.7 Å². The van der Waals surface area contributed by atoms with Gasteiger partial charge in [0.2, 0.25) is 0 Å². The van der Waals surface area contributed by atoms with Crippen LogP contribution in [0.3, 0.4) is 0 Å². The number of anilines is 1. The number of imide groups is 1. The number of rotatable bonds is 4. The highest BCUT2D eigenvalue weighted by Crippen LogP contribution is 2.43. The maximum Gasteiger partial charge on any atom is 0.272 e. The third-order valence-electron chi connectivity index (χ3n) is 4.49. The number of benzene rings is 3. The summed E-state index contributed by atoms with van der Waals surface area (Å²) < 4.78 is 0. The van der Waals surface area contributed by atoms with Gasteiger partial charge in [-0.05, 0) is 42.8 Å². The molecule has 0 saturated heterocycles. The van der Waals surface area contributed by atoms with Crippen molar-refractivity contribution < 1.29 is 9.59 Å². The number of halogens is 2. The first kappa shape index (κ1) is 19.8. The van der Waals surface area contributed by atoms with Gasteiger partial charge in [-0.3, -0.25) is 9.59 Å². The highest BCUT2D eigenvalue weighted by Gasteiger charge is 2.41. The van der Waals surface area contributed by atoms with E-state index in [9.17, 15) is 9.59 Å². The van der Waals surface area contributed by atoms with Crippen LogP contribution in [0.15, 0.2) is 82.6 Å². The Hall–Kier alpha value is -2.53. The summed E-state index contributed by atoms with van der Waals surface area (Å²) in [7, 11) is 0. The van der Waals surface area contributed by atoms with Gasteiger partial charge >= 0.3 is 0 Å². The van der Waals surface area contributed by atoms with E-state index >= 15 is 0 Å². The Labute approximate surface area is 182 Å². The van der Waals surface area contributed by atoms with Gasteiger partial charge in [0.25, 0.3) is 11.8 Å². The van der Waals surface area contributed by atoms with Crippen molar-refractivity contribution in [3.63, 3.8) is 0 Å². The monoisotopic (exact) mass is 439 g/mol. The second kappa shape index (κ2) is 8.07. The van der Waals surface area contributed by atoms with Gasteiger partial charge < -0.3 is 0 Å². The minimum Gasteiger partial charge on any atom is -0.268 e. The Morgan fingerprint density at radius 3 is 2.21 bits per heavy atom. The molecule has 144 valence electrons. The zero-order valence-electron chi connectivity index (χ0n) is 15.4. The van der Waals surface area contributed by atoms with Gasteiger partial charge in [0.1, 0.15) is 0 Å². The lowest BCUT2D eigenvalue weighted by Gasteiger charge is -2.17. The summed E-state index contributed by atoms with van der Waals surface area (Å²) in [6, 6.07) is 21.7. The summed E-state index contributed by atoms with van der Waals surface area (Å²) >= 11 is 13.7. The number of thioether (sulfide) groups is 1. The van der Waals surface area contributed by atoms with Crippen LogP contribution in [-0.4, -0.2) is 11.8 Å². The number of carbonyl (C=O) groups excluding carboxylic acids is 2. The molecule has 3 aromatic carbocycles. The third kappa shape index (κ3) is 3.84. The van der Waals surface area contributed by atoms with E-state index in [1.807, 2.05) is 61.5 Å². The number of nitrogens with zero attached hydrogens (tertiary/aromatic N) is 1. The molecular weight excluding hydrogens is 425 g/mol. The zero-order valence-corrected chi connectivity index (χ0v) is 17.7. The first-order chi connectivity index (χ1) is 14.0. The third-order valence-corrected chi connectivity index (χ3v) is 6.14. The lowest BCUT2D eigenvalue weighted by Crippen LogP contribution is -2.31. The summed E-state index contributed by atoms with van der Waals surface area (Å²) in [6.45, 7) is 1.97. The maximum absolute atomic E-state index is 13.4. The van der Waals surface area contributed by atoms with Crippen molar-refractivity contribution in [2.75, 3.05) is 4.90 Å². The van der Waals surface area contributed by atoms with Crippen LogP contribution in [-0.2, 0) is 9.59 Å². The van der Waals surface area contributed by atoms with Crippen molar-refractivity contribution in [3.05, 3.63) is 98.9 Å². The molecule has 6 heteroatoms. The molecule has 29 heavy (non-hydrogen) atoms. The molecule has 0 radical (unpaired) electrons. The largest absolute Gasteiger partial charge is 0.272 e. The van der Waals surface area contributed by atoms with Gasteiger partial charge in [0, 0.05) is 9.92 Å². The minimum atomic E-state index is -0.415. The summed E-state index contributed by atoms with van der Waals surface area (Å²) in [4.78, 5) is 29.1. The van der Waals surface area contributed by atoms with Crippen molar-refractivity contribution in [3.8, 4) is 0 Å². The molecule has 0 N–H and O–H groups in total. The van der Waals surface area contributed by atoms with E-state index < -0.39 is 11.8 Å². The van der Waals surface area contributed by atoms with Crippen LogP contribution in [0, 0.1) is 6.92 Å². The van der Waals surface area contributed by atoms with Gasteiger partial charge in [-0.15, -0.1) is 0 Å². The SMILES string of the molecule is Cc1ccc(C2=C(Sc3ccccc3)C(=O)N(c3cc(Cl)ccc3Cl)C2=O)cc1. The van der Waals surface area contributed by atoms with Crippen LogP contribution >= 0.6 is 35.0 Å². The number of carbonyl (C=O) groups is 2. The fraction of sp³-hybridized carbons (Fsp3) is 0.0435. The normalized spacial score (nSPS) is 14.1. The molecule has 0 fully saturated rings. The van der Waals surface area contributed by atoms with Crippen LogP contribution in [0.4, 0.5) is 5.69 Å². The quantitative estimate of drug-likeness (QED) is 0.442. The molecule has 3 aromatic rings. The lowest BCUT2D eigenvalue weighted by molar-refractivity contribution is -0.119. The van der Waals surface area contributed by atoms with Crippen molar-refractivity contribution in [1.29, 1.82) is 0 Å². The first-order valence-corrected chi connectivity index (χ1v) is 10.4. The van der Waals surface area contributed by atoms with Crippen molar-refractivity contribution in [1.82, 2.24) is 0 Å². The summed E-state index contributed by atoms with van der Waals surface area (Å²) in [5.74, 6) is -0.829. The molecule has 1 aliphatic heterocycles. The molecule has 0 aromatic heterocycles. The number of hydrogen-bond acceptors (Lipinski definition) is 3. The zero-order chi connectivity index (χ0) is 20.5. The van der Waals surface area contributed by atoms with Crippen LogP contribution in [0.2, 0.25) is 10.0 Å². The van der Waals surface area contributed by atoms with E-state index in [0.29, 0.717) is 21.1 Å². The van der Waals surface area contributed by atoms with E-state index in [1.165, 1.54) is 17.8 Å². The Bertz CT molecular complexity index is 1140. The predicted octanol–water partition coefficient (Wildman–Crippen LogP) is 6.38. The van der Waals surface area contributed by atoms with E-state index in [2.05, 4.69) is 0 Å². The molecule has 0 spiro atoms. The Morgan fingerprint density at radius 1 is 0.828 bits per heavy atom. The first-order valence-electron chi connectivity index (χ1n) is 8.84.